The fraction of sp³-hybridized carbons (Fsp3) is 0.200. The van der Waals surface area contributed by atoms with Gasteiger partial charge in [0.2, 0.25) is 0 Å². The second kappa shape index (κ2) is 6.71. The second-order valence-electron chi connectivity index (χ2n) is 4.49. The molecule has 0 aromatic heterocycles. The molecule has 0 saturated heterocycles. The van der Waals surface area contributed by atoms with Crippen molar-refractivity contribution in [3.8, 4) is 5.75 Å². The second-order valence-corrected chi connectivity index (χ2v) is 6.67. The van der Waals surface area contributed by atoms with Gasteiger partial charge >= 0.3 is 0 Å². The molecular formula is C15H18NO3P. The molecule has 0 radical (unpaired) electrons. The molecule has 0 aliphatic carbocycles. The molecule has 1 atom stereocenters. The minimum Gasteiger partial charge on any atom is -0.483 e. The van der Waals surface area contributed by atoms with Gasteiger partial charge < -0.3 is 15.4 Å². The molecule has 0 saturated carbocycles. The summed E-state index contributed by atoms with van der Waals surface area (Å²) in [5.74, 6) is 0.580. The van der Waals surface area contributed by atoms with E-state index in [1.165, 1.54) is 0 Å². The Hall–Kier alpha value is -1.61. The highest BCUT2D eigenvalue weighted by Gasteiger charge is 2.21. The molecular weight excluding hydrogens is 273 g/mol. The van der Waals surface area contributed by atoms with Crippen LogP contribution in [0.1, 0.15) is 5.56 Å². The maximum atomic E-state index is 12.2. The van der Waals surface area contributed by atoms with Gasteiger partial charge in [-0.15, -0.1) is 0 Å². The van der Waals surface area contributed by atoms with Crippen molar-refractivity contribution in [1.82, 2.24) is 0 Å². The molecule has 106 valence electrons. The van der Waals surface area contributed by atoms with Crippen molar-refractivity contribution in [2.75, 3.05) is 12.9 Å². The molecule has 20 heavy (non-hydrogen) atoms. The first-order valence-corrected chi connectivity index (χ1v) is 8.25. The van der Waals surface area contributed by atoms with E-state index < -0.39 is 7.37 Å². The van der Waals surface area contributed by atoms with Gasteiger partial charge in [0.25, 0.3) is 7.37 Å². The molecule has 4 nitrogen and oxygen atoms in total. The first kappa shape index (κ1) is 14.8. The third kappa shape index (κ3) is 3.94. The largest absolute Gasteiger partial charge is 0.483 e. The molecule has 1 unspecified atom stereocenters. The lowest BCUT2D eigenvalue weighted by atomic mass is 10.1. The fourth-order valence-corrected chi connectivity index (χ4v) is 2.93. The van der Waals surface area contributed by atoms with E-state index in [9.17, 15) is 9.46 Å². The number of benzene rings is 2. The van der Waals surface area contributed by atoms with Crippen LogP contribution in [0.5, 0.6) is 5.75 Å². The summed E-state index contributed by atoms with van der Waals surface area (Å²) in [7, 11) is -3.48. The van der Waals surface area contributed by atoms with Crippen LogP contribution in [-0.2, 0) is 11.0 Å². The minimum absolute atomic E-state index is 0.229. The molecule has 2 rings (SSSR count). The Bertz CT molecular complexity index is 584. The summed E-state index contributed by atoms with van der Waals surface area (Å²) in [6.45, 7) is 0.597. The van der Waals surface area contributed by atoms with Crippen LogP contribution in [0.2, 0.25) is 0 Å². The normalized spacial score (nSPS) is 13.7. The van der Waals surface area contributed by atoms with Gasteiger partial charge in [-0.25, -0.2) is 0 Å². The molecule has 2 aromatic rings. The Morgan fingerprint density at radius 3 is 2.30 bits per heavy atom. The summed E-state index contributed by atoms with van der Waals surface area (Å²) >= 11 is 0. The van der Waals surface area contributed by atoms with Crippen molar-refractivity contribution in [3.05, 3.63) is 60.2 Å². The van der Waals surface area contributed by atoms with Crippen LogP contribution < -0.4 is 15.8 Å². The van der Waals surface area contributed by atoms with Crippen LogP contribution in [0.15, 0.2) is 54.6 Å². The van der Waals surface area contributed by atoms with Gasteiger partial charge in [0, 0.05) is 5.30 Å². The number of ether oxygens (including phenoxy) is 1. The summed E-state index contributed by atoms with van der Waals surface area (Å²) in [6.07, 6.45) is 0.579. The smallest absolute Gasteiger partial charge is 0.265 e. The highest BCUT2D eigenvalue weighted by Crippen LogP contribution is 2.39. The van der Waals surface area contributed by atoms with Crippen LogP contribution >= 0.6 is 7.37 Å². The number of hydrogen-bond donors (Lipinski definition) is 2. The van der Waals surface area contributed by atoms with E-state index in [0.717, 1.165) is 12.0 Å². The molecule has 0 aliphatic rings. The quantitative estimate of drug-likeness (QED) is 0.800. The Morgan fingerprint density at radius 2 is 1.70 bits per heavy atom. The topological polar surface area (TPSA) is 72.5 Å². The summed E-state index contributed by atoms with van der Waals surface area (Å²) < 4.78 is 17.6. The maximum absolute atomic E-state index is 12.2. The lowest BCUT2D eigenvalue weighted by Gasteiger charge is -2.13. The maximum Gasteiger partial charge on any atom is 0.265 e. The summed E-state index contributed by atoms with van der Waals surface area (Å²) in [5.41, 5.74) is 6.60. The molecule has 0 bridgehead atoms. The number of hydrogen-bond acceptors (Lipinski definition) is 3. The van der Waals surface area contributed by atoms with E-state index in [1.807, 2.05) is 12.1 Å². The lowest BCUT2D eigenvalue weighted by molar-refractivity contribution is 0.354. The van der Waals surface area contributed by atoms with Gasteiger partial charge in [0.15, 0.2) is 6.35 Å². The van der Waals surface area contributed by atoms with E-state index in [4.69, 9.17) is 10.5 Å². The summed E-state index contributed by atoms with van der Waals surface area (Å²) in [4.78, 5) is 10.00. The van der Waals surface area contributed by atoms with Gasteiger partial charge in [-0.05, 0) is 42.8 Å². The molecule has 5 heteroatoms. The fourth-order valence-electron chi connectivity index (χ4n) is 1.82. The number of rotatable bonds is 6. The zero-order valence-corrected chi connectivity index (χ0v) is 12.0. The van der Waals surface area contributed by atoms with Gasteiger partial charge in [-0.3, -0.25) is 4.57 Å². The van der Waals surface area contributed by atoms with E-state index >= 15 is 0 Å². The predicted octanol–water partition coefficient (Wildman–Crippen LogP) is 2.12. The molecule has 0 heterocycles. The van der Waals surface area contributed by atoms with E-state index in [0.29, 0.717) is 17.6 Å². The SMILES string of the molecule is NCCc1ccc(OCP(=O)(O)c2ccccc2)cc1. The van der Waals surface area contributed by atoms with Crippen LogP contribution in [0.25, 0.3) is 0 Å². The molecule has 0 aliphatic heterocycles. The van der Waals surface area contributed by atoms with Gasteiger partial charge in [-0.2, -0.15) is 0 Å². The Balaban J connectivity index is 1.99. The zero-order valence-electron chi connectivity index (χ0n) is 11.1. The highest BCUT2D eigenvalue weighted by atomic mass is 31.2. The van der Waals surface area contributed by atoms with Gasteiger partial charge in [-0.1, -0.05) is 30.3 Å². The minimum atomic E-state index is -3.48. The third-order valence-electron chi connectivity index (χ3n) is 2.92. The lowest BCUT2D eigenvalue weighted by Crippen LogP contribution is -2.10. The zero-order chi connectivity index (χ0) is 14.4. The van der Waals surface area contributed by atoms with Crippen molar-refractivity contribution in [2.24, 2.45) is 5.73 Å². The molecule has 0 amide bonds. The first-order chi connectivity index (χ1) is 9.62. The summed E-state index contributed by atoms with van der Waals surface area (Å²) in [6, 6.07) is 15.9. The Labute approximate surface area is 118 Å². The van der Waals surface area contributed by atoms with Crippen molar-refractivity contribution >= 4 is 12.7 Å². The first-order valence-electron chi connectivity index (χ1n) is 6.41. The summed E-state index contributed by atoms with van der Waals surface area (Å²) in [5, 5.41) is 0.403. The predicted molar refractivity (Wildman–Crippen MR) is 80.6 cm³/mol. The molecule has 3 N–H and O–H groups in total. The van der Waals surface area contributed by atoms with Crippen LogP contribution in [0.3, 0.4) is 0 Å². The molecule has 2 aromatic carbocycles. The van der Waals surface area contributed by atoms with Crippen molar-refractivity contribution in [2.45, 2.75) is 6.42 Å². The van der Waals surface area contributed by atoms with Crippen molar-refractivity contribution in [1.29, 1.82) is 0 Å². The van der Waals surface area contributed by atoms with Crippen molar-refractivity contribution < 1.29 is 14.2 Å². The van der Waals surface area contributed by atoms with Crippen LogP contribution in [-0.4, -0.2) is 17.8 Å². The standard InChI is InChI=1S/C15H18NO3P/c16-11-10-13-6-8-14(9-7-13)19-12-20(17,18)15-4-2-1-3-5-15/h1-9H,10-12,16H2,(H,17,18). The van der Waals surface area contributed by atoms with Gasteiger partial charge in [0.05, 0.1) is 0 Å². The van der Waals surface area contributed by atoms with E-state index in [-0.39, 0.29) is 6.35 Å². The Morgan fingerprint density at radius 1 is 1.05 bits per heavy atom. The number of nitrogens with two attached hydrogens (primary N) is 1. The average Bonchev–Trinajstić information content (AvgIpc) is 2.48. The van der Waals surface area contributed by atoms with Gasteiger partial charge in [0.1, 0.15) is 5.75 Å². The monoisotopic (exact) mass is 291 g/mol. The van der Waals surface area contributed by atoms with E-state index in [2.05, 4.69) is 0 Å². The van der Waals surface area contributed by atoms with Crippen LogP contribution in [0, 0.1) is 0 Å². The highest BCUT2D eigenvalue weighted by molar-refractivity contribution is 7.65. The average molecular weight is 291 g/mol. The van der Waals surface area contributed by atoms with Crippen molar-refractivity contribution in [3.63, 3.8) is 0 Å². The molecule has 0 spiro atoms. The third-order valence-corrected chi connectivity index (χ3v) is 4.51. The van der Waals surface area contributed by atoms with E-state index in [1.54, 1.807) is 42.5 Å². The molecule has 0 fully saturated rings. The Kier molecular flexibility index (Phi) is 4.96. The van der Waals surface area contributed by atoms with Crippen LogP contribution in [0.4, 0.5) is 0 Å².